The van der Waals surface area contributed by atoms with E-state index in [2.05, 4.69) is 16.8 Å². The van der Waals surface area contributed by atoms with Crippen molar-refractivity contribution in [2.45, 2.75) is 71.9 Å². The van der Waals surface area contributed by atoms with Gasteiger partial charge in [0, 0.05) is 38.0 Å². The van der Waals surface area contributed by atoms with Gasteiger partial charge in [0.15, 0.2) is 0 Å². The second-order valence-corrected chi connectivity index (χ2v) is 10.4. The van der Waals surface area contributed by atoms with Gasteiger partial charge in [-0.15, -0.1) is 0 Å². The van der Waals surface area contributed by atoms with Crippen molar-refractivity contribution < 1.29 is 19.4 Å². The summed E-state index contributed by atoms with van der Waals surface area (Å²) in [7, 11) is 3.39. The van der Waals surface area contributed by atoms with Gasteiger partial charge in [-0.1, -0.05) is 6.07 Å². The van der Waals surface area contributed by atoms with Crippen LogP contribution in [0.2, 0.25) is 0 Å². The molecule has 196 valence electrons. The number of fused-ring (bicyclic) bond motifs is 1. The number of esters is 1. The van der Waals surface area contributed by atoms with Crippen molar-refractivity contribution in [3.05, 3.63) is 51.9 Å². The molecule has 2 aromatic heterocycles. The number of rotatable bonds is 9. The Kier molecular flexibility index (Phi) is 8.38. The van der Waals surface area contributed by atoms with E-state index in [1.54, 1.807) is 59.5 Å². The van der Waals surface area contributed by atoms with E-state index in [-0.39, 0.29) is 11.6 Å². The van der Waals surface area contributed by atoms with Gasteiger partial charge in [-0.3, -0.25) is 14.9 Å². The lowest BCUT2D eigenvalue weighted by atomic mass is 10.1. The molecule has 0 amide bonds. The van der Waals surface area contributed by atoms with Crippen molar-refractivity contribution in [2.75, 3.05) is 13.7 Å². The van der Waals surface area contributed by atoms with Gasteiger partial charge >= 0.3 is 5.97 Å². The van der Waals surface area contributed by atoms with Gasteiger partial charge in [0.2, 0.25) is 0 Å². The number of pyridine rings is 1. The molecule has 9 nitrogen and oxygen atoms in total. The van der Waals surface area contributed by atoms with Gasteiger partial charge in [0.25, 0.3) is 5.56 Å². The van der Waals surface area contributed by atoms with Crippen molar-refractivity contribution in [2.24, 2.45) is 7.05 Å². The van der Waals surface area contributed by atoms with E-state index in [1.807, 2.05) is 24.3 Å². The Morgan fingerprint density at radius 1 is 1.22 bits per heavy atom. The molecular weight excluding hydrogens is 460 g/mol. The minimum atomic E-state index is -0.921. The summed E-state index contributed by atoms with van der Waals surface area (Å²) in [6.45, 7) is 11.6. The first-order chi connectivity index (χ1) is 16.8. The molecule has 0 saturated carbocycles. The van der Waals surface area contributed by atoms with Crippen molar-refractivity contribution in [3.63, 3.8) is 0 Å². The predicted molar refractivity (Wildman–Crippen MR) is 140 cm³/mol. The lowest BCUT2D eigenvalue weighted by Crippen LogP contribution is -2.47. The number of aromatic nitrogens is 3. The number of hydrogen-bond acceptors (Lipinski definition) is 7. The first kappa shape index (κ1) is 27.6. The van der Waals surface area contributed by atoms with E-state index in [0.29, 0.717) is 18.7 Å². The van der Waals surface area contributed by atoms with Gasteiger partial charge in [-0.2, -0.15) is 0 Å². The Morgan fingerprint density at radius 3 is 2.50 bits per heavy atom. The topological polar surface area (TPSA) is 108 Å². The molecule has 0 fully saturated rings. The number of ether oxygens (including phenoxy) is 2. The molecule has 0 bridgehead atoms. The van der Waals surface area contributed by atoms with Crippen molar-refractivity contribution in [1.29, 1.82) is 0 Å². The summed E-state index contributed by atoms with van der Waals surface area (Å²) in [6, 6.07) is 6.87. The number of carbonyl (C=O) groups is 1. The minimum Gasteiger partial charge on any atom is -0.459 e. The van der Waals surface area contributed by atoms with Crippen LogP contribution in [0.1, 0.15) is 51.8 Å². The maximum absolute atomic E-state index is 12.6. The highest BCUT2D eigenvalue weighted by molar-refractivity contribution is 5.82. The van der Waals surface area contributed by atoms with Crippen LogP contribution in [0.4, 0.5) is 0 Å². The first-order valence-electron chi connectivity index (χ1n) is 12.1. The summed E-state index contributed by atoms with van der Waals surface area (Å²) < 4.78 is 14.6. The maximum atomic E-state index is 12.6. The highest BCUT2D eigenvalue weighted by Gasteiger charge is 2.28. The van der Waals surface area contributed by atoms with E-state index in [9.17, 15) is 14.7 Å². The lowest BCUT2D eigenvalue weighted by molar-refractivity contribution is -0.160. The molecule has 0 spiro atoms. The number of imidazole rings is 1. The molecule has 3 atom stereocenters. The number of methoxy groups -OCH3 is 1. The van der Waals surface area contributed by atoms with Crippen LogP contribution in [0.25, 0.3) is 22.4 Å². The molecular formula is C27H38N4O5. The van der Waals surface area contributed by atoms with Crippen molar-refractivity contribution in [3.8, 4) is 11.4 Å². The molecule has 0 radical (unpaired) electrons. The standard InChI is InChI=1S/C27H38N4O5/c1-16-11-20(14-30(7)25(16)33)24-29-21-10-9-19(12-22(21)31(24)17(2)15-35-8)13-28-23(18(3)32)26(34)36-27(4,5)6/h9-12,14,17-18,23,28,32H,13,15H2,1-8H3/t17?,18-,23+/m1/s1. The zero-order chi connectivity index (χ0) is 26.8. The van der Waals surface area contributed by atoms with Crippen LogP contribution in [0.5, 0.6) is 0 Å². The van der Waals surface area contributed by atoms with Crippen LogP contribution >= 0.6 is 0 Å². The quantitative estimate of drug-likeness (QED) is 0.437. The lowest BCUT2D eigenvalue weighted by Gasteiger charge is -2.26. The molecule has 0 aliphatic carbocycles. The van der Waals surface area contributed by atoms with Gasteiger partial charge < -0.3 is 23.7 Å². The zero-order valence-electron chi connectivity index (χ0n) is 22.5. The van der Waals surface area contributed by atoms with E-state index in [4.69, 9.17) is 14.5 Å². The maximum Gasteiger partial charge on any atom is 0.326 e. The summed E-state index contributed by atoms with van der Waals surface area (Å²) in [4.78, 5) is 29.7. The minimum absolute atomic E-state index is 0.0253. The van der Waals surface area contributed by atoms with E-state index in [1.165, 1.54) is 0 Å². The fourth-order valence-electron chi connectivity index (χ4n) is 4.26. The molecule has 2 N–H and O–H groups in total. The van der Waals surface area contributed by atoms with Crippen molar-refractivity contribution in [1.82, 2.24) is 19.4 Å². The number of aliphatic hydroxyl groups excluding tert-OH is 1. The van der Waals surface area contributed by atoms with Crippen LogP contribution in [-0.2, 0) is 27.9 Å². The molecule has 3 rings (SSSR count). The number of hydrogen-bond donors (Lipinski definition) is 2. The Bertz CT molecular complexity index is 1260. The van der Waals surface area contributed by atoms with Gasteiger partial charge in [-0.25, -0.2) is 4.98 Å². The molecule has 0 aliphatic rings. The second-order valence-electron chi connectivity index (χ2n) is 10.4. The van der Waals surface area contributed by atoms with Crippen LogP contribution in [-0.4, -0.2) is 56.7 Å². The van der Waals surface area contributed by atoms with Crippen LogP contribution in [0, 0.1) is 6.92 Å². The summed E-state index contributed by atoms with van der Waals surface area (Å²) in [5, 5.41) is 13.3. The predicted octanol–water partition coefficient (Wildman–Crippen LogP) is 3.10. The average Bonchev–Trinajstić information content (AvgIpc) is 3.15. The Labute approximate surface area is 212 Å². The third-order valence-electron chi connectivity index (χ3n) is 5.89. The highest BCUT2D eigenvalue weighted by Crippen LogP contribution is 2.29. The number of carbonyl (C=O) groups excluding carboxylic acids is 1. The largest absolute Gasteiger partial charge is 0.459 e. The Hall–Kier alpha value is -3.01. The molecule has 0 aliphatic heterocycles. The Balaban J connectivity index is 2.00. The molecule has 2 heterocycles. The molecule has 1 unspecified atom stereocenters. The molecule has 3 aromatic rings. The van der Waals surface area contributed by atoms with E-state index >= 15 is 0 Å². The van der Waals surface area contributed by atoms with Crippen molar-refractivity contribution >= 4 is 17.0 Å². The molecule has 1 aromatic carbocycles. The number of aryl methyl sites for hydroxylation is 2. The normalized spacial score (nSPS) is 14.6. The number of nitrogens with one attached hydrogen (secondary N) is 1. The zero-order valence-corrected chi connectivity index (χ0v) is 22.5. The molecule has 36 heavy (non-hydrogen) atoms. The van der Waals surface area contributed by atoms with Crippen LogP contribution in [0.15, 0.2) is 35.3 Å². The average molecular weight is 499 g/mol. The smallest absolute Gasteiger partial charge is 0.326 e. The summed E-state index contributed by atoms with van der Waals surface area (Å²) in [5.41, 5.74) is 3.43. The second kappa shape index (κ2) is 10.9. The van der Waals surface area contributed by atoms with Gasteiger partial charge in [-0.05, 0) is 65.3 Å². The van der Waals surface area contributed by atoms with E-state index < -0.39 is 23.7 Å². The fraction of sp³-hybridized carbons (Fsp3) is 0.519. The third kappa shape index (κ3) is 6.21. The van der Waals surface area contributed by atoms with Gasteiger partial charge in [0.05, 0.1) is 29.8 Å². The Morgan fingerprint density at radius 2 is 1.92 bits per heavy atom. The SMILES string of the molecule is COCC(C)n1c(-c2cc(C)c(=O)n(C)c2)nc2ccc(CN[C@H](C(=O)OC(C)(C)C)[C@@H](C)O)cc21. The summed E-state index contributed by atoms with van der Waals surface area (Å²) in [6.07, 6.45) is 0.874. The summed E-state index contributed by atoms with van der Waals surface area (Å²) in [5.74, 6) is 0.249. The van der Waals surface area contributed by atoms with E-state index in [0.717, 1.165) is 28.0 Å². The highest BCUT2D eigenvalue weighted by atomic mass is 16.6. The molecule has 0 saturated heterocycles. The third-order valence-corrected chi connectivity index (χ3v) is 5.89. The molecule has 9 heteroatoms. The first-order valence-corrected chi connectivity index (χ1v) is 12.1. The fourth-order valence-corrected chi connectivity index (χ4v) is 4.26. The van der Waals surface area contributed by atoms with Gasteiger partial charge in [0.1, 0.15) is 17.5 Å². The monoisotopic (exact) mass is 498 g/mol. The van der Waals surface area contributed by atoms with Crippen LogP contribution < -0.4 is 10.9 Å². The number of benzene rings is 1. The number of nitrogens with zero attached hydrogens (tertiary/aromatic N) is 3. The number of aliphatic hydroxyl groups is 1. The summed E-state index contributed by atoms with van der Waals surface area (Å²) >= 11 is 0. The van der Waals surface area contributed by atoms with Crippen LogP contribution in [0.3, 0.4) is 0 Å².